The van der Waals surface area contributed by atoms with E-state index < -0.39 is 0 Å². The van der Waals surface area contributed by atoms with E-state index >= 15 is 0 Å². The van der Waals surface area contributed by atoms with Crippen LogP contribution in [0, 0.1) is 5.82 Å². The van der Waals surface area contributed by atoms with Crippen molar-refractivity contribution in [2.45, 2.75) is 11.2 Å². The molecule has 1 unspecified atom stereocenters. The minimum absolute atomic E-state index is 0.0947. The van der Waals surface area contributed by atoms with Gasteiger partial charge in [-0.25, -0.2) is 4.39 Å². The monoisotopic (exact) mass is 446 g/mol. The molecule has 0 fully saturated rings. The van der Waals surface area contributed by atoms with Gasteiger partial charge in [-0.2, -0.15) is 0 Å². The largest absolute Gasteiger partial charge is 0.489 e. The van der Waals surface area contributed by atoms with E-state index in [4.69, 9.17) is 4.74 Å². The van der Waals surface area contributed by atoms with Gasteiger partial charge in [0, 0.05) is 0 Å². The average molecular weight is 447 g/mol. The first kappa shape index (κ1) is 20.3. The molecular formula is C24H19FN4O2S. The molecule has 8 heteroatoms. The maximum absolute atomic E-state index is 14.3. The fourth-order valence-electron chi connectivity index (χ4n) is 3.75. The van der Waals surface area contributed by atoms with Crippen molar-refractivity contribution in [2.75, 3.05) is 17.3 Å². The number of hydrogen-bond acceptors (Lipinski definition) is 5. The molecule has 0 spiro atoms. The molecule has 0 saturated heterocycles. The van der Waals surface area contributed by atoms with Crippen LogP contribution in [0.4, 0.5) is 10.1 Å². The Hall–Kier alpha value is -3.65. The van der Waals surface area contributed by atoms with Crippen LogP contribution in [-0.4, -0.2) is 33.0 Å². The van der Waals surface area contributed by atoms with Crippen molar-refractivity contribution in [1.82, 2.24) is 14.8 Å². The number of carbonyl (C=O) groups is 1. The summed E-state index contributed by atoms with van der Waals surface area (Å²) in [5.74, 6) is 0.312. The van der Waals surface area contributed by atoms with Crippen molar-refractivity contribution < 1.29 is 13.9 Å². The lowest BCUT2D eigenvalue weighted by Gasteiger charge is -2.37. The maximum Gasteiger partial charge on any atom is 0.238 e. The van der Waals surface area contributed by atoms with Crippen LogP contribution in [0.2, 0.25) is 0 Å². The van der Waals surface area contributed by atoms with Crippen molar-refractivity contribution in [1.29, 1.82) is 0 Å². The van der Waals surface area contributed by atoms with Crippen LogP contribution < -0.4 is 9.64 Å². The maximum atomic E-state index is 14.3. The fourth-order valence-corrected chi connectivity index (χ4v) is 4.53. The Morgan fingerprint density at radius 1 is 1.00 bits per heavy atom. The molecule has 160 valence electrons. The number of halogens is 1. The molecular weight excluding hydrogens is 427 g/mol. The van der Waals surface area contributed by atoms with Gasteiger partial charge in [0.15, 0.2) is 5.16 Å². The fraction of sp³-hybridized carbons (Fsp3) is 0.125. The first-order valence-corrected chi connectivity index (χ1v) is 11.1. The molecule has 1 aliphatic heterocycles. The minimum Gasteiger partial charge on any atom is -0.489 e. The van der Waals surface area contributed by atoms with Crippen LogP contribution in [0.25, 0.3) is 5.69 Å². The second-order valence-electron chi connectivity index (χ2n) is 7.19. The van der Waals surface area contributed by atoms with Crippen LogP contribution in [0.5, 0.6) is 5.75 Å². The Bertz CT molecular complexity index is 1250. The third kappa shape index (κ3) is 3.85. The van der Waals surface area contributed by atoms with Gasteiger partial charge < -0.3 is 4.74 Å². The van der Waals surface area contributed by atoms with Gasteiger partial charge >= 0.3 is 0 Å². The quantitative estimate of drug-likeness (QED) is 0.417. The number of amides is 1. The second kappa shape index (κ2) is 8.84. The summed E-state index contributed by atoms with van der Waals surface area (Å²) in [6.45, 7) is 0.364. The van der Waals surface area contributed by atoms with E-state index in [1.165, 1.54) is 24.2 Å². The Morgan fingerprint density at radius 2 is 1.72 bits per heavy atom. The van der Waals surface area contributed by atoms with Gasteiger partial charge in [0.1, 0.15) is 24.5 Å². The number of carbonyl (C=O) groups excluding carboxylic acids is 1. The lowest BCUT2D eigenvalue weighted by Crippen LogP contribution is -2.42. The summed E-state index contributed by atoms with van der Waals surface area (Å²) in [6.07, 6.45) is 1.45. The van der Waals surface area contributed by atoms with Crippen molar-refractivity contribution in [2.24, 2.45) is 0 Å². The van der Waals surface area contributed by atoms with Crippen LogP contribution in [0.3, 0.4) is 0 Å². The summed E-state index contributed by atoms with van der Waals surface area (Å²) in [5.41, 5.74) is 2.06. The second-order valence-corrected chi connectivity index (χ2v) is 8.14. The molecule has 1 aromatic heterocycles. The first-order valence-electron chi connectivity index (χ1n) is 10.1. The Labute approximate surface area is 188 Å². The van der Waals surface area contributed by atoms with Crippen molar-refractivity contribution in [3.05, 3.63) is 96.6 Å². The number of ether oxygens (including phenoxy) is 1. The van der Waals surface area contributed by atoms with Crippen molar-refractivity contribution in [3.8, 4) is 11.4 Å². The SMILES string of the molecule is O=C(CSc1nncn1-c1ccccc1F)N1c2ccccc2OCC1c1ccccc1. The summed E-state index contributed by atoms with van der Waals surface area (Å²) in [5, 5.41) is 8.44. The van der Waals surface area contributed by atoms with Crippen LogP contribution in [0.15, 0.2) is 90.3 Å². The molecule has 0 bridgehead atoms. The van der Waals surface area contributed by atoms with Crippen molar-refractivity contribution in [3.63, 3.8) is 0 Å². The molecule has 32 heavy (non-hydrogen) atoms. The van der Waals surface area contributed by atoms with Gasteiger partial charge in [0.05, 0.1) is 23.2 Å². The third-order valence-electron chi connectivity index (χ3n) is 5.24. The van der Waals surface area contributed by atoms with Gasteiger partial charge in [0.2, 0.25) is 5.91 Å². The predicted molar refractivity (Wildman–Crippen MR) is 121 cm³/mol. The molecule has 3 aromatic carbocycles. The van der Waals surface area contributed by atoms with E-state index in [2.05, 4.69) is 10.2 Å². The standard InChI is InChI=1S/C24H19FN4O2S/c25-18-10-4-5-11-19(18)28-16-26-27-24(28)32-15-23(30)29-20-12-6-7-13-22(20)31-14-21(29)17-8-2-1-3-9-17/h1-13,16,21H,14-15H2. The lowest BCUT2D eigenvalue weighted by atomic mass is 10.0. The molecule has 1 amide bonds. The van der Waals surface area contributed by atoms with Crippen molar-refractivity contribution >= 4 is 23.4 Å². The smallest absolute Gasteiger partial charge is 0.238 e. The number of para-hydroxylation sites is 3. The van der Waals surface area contributed by atoms with E-state index in [9.17, 15) is 9.18 Å². The highest BCUT2D eigenvalue weighted by atomic mass is 32.2. The normalized spacial score (nSPS) is 15.2. The van der Waals surface area contributed by atoms with Gasteiger partial charge in [-0.15, -0.1) is 10.2 Å². The first-order chi connectivity index (χ1) is 15.7. The molecule has 6 nitrogen and oxygen atoms in total. The summed E-state index contributed by atoms with van der Waals surface area (Å²) < 4.78 is 21.7. The van der Waals surface area contributed by atoms with Crippen LogP contribution in [0.1, 0.15) is 11.6 Å². The van der Waals surface area contributed by atoms with Gasteiger partial charge in [-0.1, -0.05) is 66.4 Å². The number of fused-ring (bicyclic) bond motifs is 1. The number of aromatic nitrogens is 3. The molecule has 2 heterocycles. The molecule has 0 aliphatic carbocycles. The summed E-state index contributed by atoms with van der Waals surface area (Å²) in [4.78, 5) is 15.3. The van der Waals surface area contributed by atoms with E-state index in [1.807, 2.05) is 54.6 Å². The molecule has 0 saturated carbocycles. The van der Waals surface area contributed by atoms with E-state index in [0.717, 1.165) is 11.3 Å². The summed E-state index contributed by atoms with van der Waals surface area (Å²) in [6, 6.07) is 23.5. The molecule has 1 aliphatic rings. The van der Waals surface area contributed by atoms with Crippen LogP contribution >= 0.6 is 11.8 Å². The number of benzene rings is 3. The Balaban J connectivity index is 1.42. The zero-order valence-electron chi connectivity index (χ0n) is 17.0. The molecule has 0 radical (unpaired) electrons. The zero-order chi connectivity index (χ0) is 21.9. The number of anilines is 1. The number of nitrogens with zero attached hydrogens (tertiary/aromatic N) is 4. The lowest BCUT2D eigenvalue weighted by molar-refractivity contribution is -0.117. The predicted octanol–water partition coefficient (Wildman–Crippen LogP) is 4.67. The highest BCUT2D eigenvalue weighted by Crippen LogP contribution is 2.39. The number of hydrogen-bond donors (Lipinski definition) is 0. The summed E-state index contributed by atoms with van der Waals surface area (Å²) >= 11 is 1.22. The molecule has 5 rings (SSSR count). The summed E-state index contributed by atoms with van der Waals surface area (Å²) in [7, 11) is 0. The van der Waals surface area contributed by atoms with Crippen LogP contribution in [-0.2, 0) is 4.79 Å². The van der Waals surface area contributed by atoms with E-state index in [1.54, 1.807) is 27.7 Å². The van der Waals surface area contributed by atoms with Gasteiger partial charge in [-0.3, -0.25) is 14.3 Å². The Kier molecular flexibility index (Phi) is 5.60. The zero-order valence-corrected chi connectivity index (χ0v) is 17.8. The minimum atomic E-state index is -0.383. The third-order valence-corrected chi connectivity index (χ3v) is 6.17. The molecule has 4 aromatic rings. The molecule has 1 atom stereocenters. The average Bonchev–Trinajstić information content (AvgIpc) is 3.31. The van der Waals surface area contributed by atoms with Gasteiger partial charge in [0.25, 0.3) is 0 Å². The highest BCUT2D eigenvalue weighted by molar-refractivity contribution is 7.99. The van der Waals surface area contributed by atoms with E-state index in [0.29, 0.717) is 23.2 Å². The Morgan fingerprint density at radius 3 is 2.53 bits per heavy atom. The number of thioether (sulfide) groups is 1. The van der Waals surface area contributed by atoms with Gasteiger partial charge in [-0.05, 0) is 29.8 Å². The number of rotatable bonds is 5. The highest BCUT2D eigenvalue weighted by Gasteiger charge is 2.33. The topological polar surface area (TPSA) is 60.2 Å². The molecule has 0 N–H and O–H groups in total. The van der Waals surface area contributed by atoms with E-state index in [-0.39, 0.29) is 23.5 Å².